The van der Waals surface area contributed by atoms with Gasteiger partial charge in [-0.2, -0.15) is 4.31 Å². The second-order valence-corrected chi connectivity index (χ2v) is 9.02. The Labute approximate surface area is 166 Å². The first kappa shape index (κ1) is 20.4. The SMILES string of the molecule is COc1ccc(S(=O)(=O)N2CCC(C(=O)N(C)c3ccc(C)cc3)CC2)cc1. The summed E-state index contributed by atoms with van der Waals surface area (Å²) in [5.74, 6) is 0.473. The summed E-state index contributed by atoms with van der Waals surface area (Å²) in [6, 6.07) is 14.2. The molecule has 1 saturated heterocycles. The van der Waals surface area contributed by atoms with Crippen LogP contribution in [0.3, 0.4) is 0 Å². The predicted octanol–water partition coefficient (Wildman–Crippen LogP) is 3.07. The molecule has 3 rings (SSSR count). The molecule has 0 aromatic heterocycles. The van der Waals surface area contributed by atoms with E-state index in [2.05, 4.69) is 0 Å². The Bertz CT molecular complexity index is 916. The maximum Gasteiger partial charge on any atom is 0.243 e. The highest BCUT2D eigenvalue weighted by Gasteiger charge is 2.33. The van der Waals surface area contributed by atoms with Gasteiger partial charge in [-0.25, -0.2) is 8.42 Å². The number of sulfonamides is 1. The molecule has 7 heteroatoms. The van der Waals surface area contributed by atoms with Crippen molar-refractivity contribution in [1.29, 1.82) is 0 Å². The summed E-state index contributed by atoms with van der Waals surface area (Å²) >= 11 is 0. The lowest BCUT2D eigenvalue weighted by atomic mass is 9.96. The topological polar surface area (TPSA) is 66.9 Å². The van der Waals surface area contributed by atoms with Crippen molar-refractivity contribution in [2.75, 3.05) is 32.1 Å². The van der Waals surface area contributed by atoms with E-state index >= 15 is 0 Å². The van der Waals surface area contributed by atoms with Crippen LogP contribution in [0.25, 0.3) is 0 Å². The highest BCUT2D eigenvalue weighted by molar-refractivity contribution is 7.89. The zero-order valence-corrected chi connectivity index (χ0v) is 17.3. The minimum atomic E-state index is -3.56. The van der Waals surface area contributed by atoms with Crippen LogP contribution in [0.1, 0.15) is 18.4 Å². The summed E-state index contributed by atoms with van der Waals surface area (Å²) < 4.78 is 32.2. The predicted molar refractivity (Wildman–Crippen MR) is 109 cm³/mol. The van der Waals surface area contributed by atoms with Crippen LogP contribution in [0.5, 0.6) is 5.75 Å². The minimum absolute atomic E-state index is 0.0327. The highest BCUT2D eigenvalue weighted by Crippen LogP contribution is 2.27. The number of amides is 1. The fourth-order valence-electron chi connectivity index (χ4n) is 3.41. The van der Waals surface area contributed by atoms with E-state index < -0.39 is 10.0 Å². The molecular weight excluding hydrogens is 376 g/mol. The third-order valence-corrected chi connectivity index (χ3v) is 7.17. The first-order valence-electron chi connectivity index (χ1n) is 9.31. The quantitative estimate of drug-likeness (QED) is 0.771. The van der Waals surface area contributed by atoms with Crippen LogP contribution < -0.4 is 9.64 Å². The van der Waals surface area contributed by atoms with E-state index in [1.165, 1.54) is 4.31 Å². The molecule has 0 spiro atoms. The van der Waals surface area contributed by atoms with Gasteiger partial charge in [-0.1, -0.05) is 17.7 Å². The summed E-state index contributed by atoms with van der Waals surface area (Å²) in [5, 5.41) is 0. The summed E-state index contributed by atoms with van der Waals surface area (Å²) in [6.45, 7) is 2.68. The van der Waals surface area contributed by atoms with Gasteiger partial charge in [0.1, 0.15) is 5.75 Å². The van der Waals surface area contributed by atoms with Gasteiger partial charge in [0, 0.05) is 31.7 Å². The van der Waals surface area contributed by atoms with E-state index in [9.17, 15) is 13.2 Å². The number of nitrogens with zero attached hydrogens (tertiary/aromatic N) is 2. The van der Waals surface area contributed by atoms with Gasteiger partial charge in [0.2, 0.25) is 15.9 Å². The van der Waals surface area contributed by atoms with Gasteiger partial charge in [-0.15, -0.1) is 0 Å². The third kappa shape index (κ3) is 4.20. The number of carbonyl (C=O) groups excluding carboxylic acids is 1. The monoisotopic (exact) mass is 402 g/mol. The number of rotatable bonds is 5. The van der Waals surface area contributed by atoms with Gasteiger partial charge in [-0.05, 0) is 56.2 Å². The lowest BCUT2D eigenvalue weighted by Gasteiger charge is -2.32. The van der Waals surface area contributed by atoms with Crippen LogP contribution in [0.2, 0.25) is 0 Å². The average molecular weight is 403 g/mol. The second-order valence-electron chi connectivity index (χ2n) is 7.09. The number of ether oxygens (including phenoxy) is 1. The molecule has 0 bridgehead atoms. The molecule has 1 heterocycles. The van der Waals surface area contributed by atoms with Crippen molar-refractivity contribution in [3.8, 4) is 5.75 Å². The highest BCUT2D eigenvalue weighted by atomic mass is 32.2. The van der Waals surface area contributed by atoms with Crippen molar-refractivity contribution in [3.05, 3.63) is 54.1 Å². The number of benzene rings is 2. The van der Waals surface area contributed by atoms with Gasteiger partial charge in [0.05, 0.1) is 12.0 Å². The smallest absolute Gasteiger partial charge is 0.243 e. The van der Waals surface area contributed by atoms with Crippen LogP contribution in [0.15, 0.2) is 53.4 Å². The summed E-state index contributed by atoms with van der Waals surface area (Å²) in [5.41, 5.74) is 1.99. The molecule has 1 aliphatic rings. The Morgan fingerprint density at radius 2 is 1.61 bits per heavy atom. The van der Waals surface area contributed by atoms with Gasteiger partial charge in [0.15, 0.2) is 0 Å². The molecule has 0 N–H and O–H groups in total. The number of anilines is 1. The largest absolute Gasteiger partial charge is 0.497 e. The average Bonchev–Trinajstić information content (AvgIpc) is 2.73. The Balaban J connectivity index is 1.64. The molecule has 1 fully saturated rings. The molecule has 1 amide bonds. The van der Waals surface area contributed by atoms with Gasteiger partial charge < -0.3 is 9.64 Å². The Kier molecular flexibility index (Phi) is 6.05. The fraction of sp³-hybridized carbons (Fsp3) is 0.381. The van der Waals surface area contributed by atoms with Crippen LogP contribution in [0.4, 0.5) is 5.69 Å². The lowest BCUT2D eigenvalue weighted by molar-refractivity contribution is -0.123. The van der Waals surface area contributed by atoms with Crippen LogP contribution >= 0.6 is 0 Å². The Morgan fingerprint density at radius 1 is 1.04 bits per heavy atom. The first-order valence-corrected chi connectivity index (χ1v) is 10.8. The van der Waals surface area contributed by atoms with Crippen molar-refractivity contribution >= 4 is 21.6 Å². The van der Waals surface area contributed by atoms with Crippen molar-refractivity contribution in [2.24, 2.45) is 5.92 Å². The van der Waals surface area contributed by atoms with Crippen LogP contribution in [-0.2, 0) is 14.8 Å². The fourth-order valence-corrected chi connectivity index (χ4v) is 4.88. The molecule has 0 aliphatic carbocycles. The van der Waals surface area contributed by atoms with Crippen LogP contribution in [-0.4, -0.2) is 45.9 Å². The van der Waals surface area contributed by atoms with Gasteiger partial charge in [0.25, 0.3) is 0 Å². The zero-order chi connectivity index (χ0) is 20.3. The first-order chi connectivity index (χ1) is 13.3. The molecule has 2 aromatic carbocycles. The molecule has 0 unspecified atom stereocenters. The van der Waals surface area contributed by atoms with Crippen LogP contribution in [0, 0.1) is 12.8 Å². The molecule has 28 heavy (non-hydrogen) atoms. The Morgan fingerprint density at radius 3 is 2.14 bits per heavy atom. The number of carbonyl (C=O) groups is 1. The molecule has 6 nitrogen and oxygen atoms in total. The van der Waals surface area contributed by atoms with Crippen molar-refractivity contribution in [3.63, 3.8) is 0 Å². The normalized spacial score (nSPS) is 16.0. The van der Waals surface area contributed by atoms with E-state index in [0.717, 1.165) is 11.3 Å². The van der Waals surface area contributed by atoms with E-state index in [1.54, 1.807) is 43.3 Å². The Hall–Kier alpha value is -2.38. The van der Waals surface area contributed by atoms with Crippen molar-refractivity contribution in [1.82, 2.24) is 4.31 Å². The third-order valence-electron chi connectivity index (χ3n) is 5.25. The van der Waals surface area contributed by atoms with E-state index in [4.69, 9.17) is 4.74 Å². The number of hydrogen-bond acceptors (Lipinski definition) is 4. The van der Waals surface area contributed by atoms with E-state index in [1.807, 2.05) is 31.2 Å². The van der Waals surface area contributed by atoms with E-state index in [0.29, 0.717) is 31.7 Å². The number of hydrogen-bond donors (Lipinski definition) is 0. The van der Waals surface area contributed by atoms with Crippen molar-refractivity contribution in [2.45, 2.75) is 24.7 Å². The molecule has 2 aromatic rings. The molecule has 0 radical (unpaired) electrons. The van der Waals surface area contributed by atoms with Gasteiger partial charge in [-0.3, -0.25) is 4.79 Å². The molecule has 0 atom stereocenters. The second kappa shape index (κ2) is 8.32. The summed E-state index contributed by atoms with van der Waals surface area (Å²) in [6.07, 6.45) is 1.04. The maximum absolute atomic E-state index is 12.8. The van der Waals surface area contributed by atoms with Crippen molar-refractivity contribution < 1.29 is 17.9 Å². The number of aryl methyl sites for hydroxylation is 1. The standard InChI is InChI=1S/C21H26N2O4S/c1-16-4-6-18(7-5-16)22(2)21(24)17-12-14-23(15-13-17)28(25,26)20-10-8-19(27-3)9-11-20/h4-11,17H,12-15H2,1-3H3. The zero-order valence-electron chi connectivity index (χ0n) is 16.5. The van der Waals surface area contributed by atoms with Gasteiger partial charge >= 0.3 is 0 Å². The molecule has 150 valence electrons. The minimum Gasteiger partial charge on any atom is -0.497 e. The number of piperidine rings is 1. The van der Waals surface area contributed by atoms with E-state index in [-0.39, 0.29) is 16.7 Å². The molecular formula is C21H26N2O4S. The molecule has 0 saturated carbocycles. The summed E-state index contributed by atoms with van der Waals surface area (Å²) in [7, 11) is -0.249. The number of methoxy groups -OCH3 is 1. The molecule has 1 aliphatic heterocycles. The maximum atomic E-state index is 12.8. The lowest BCUT2D eigenvalue weighted by Crippen LogP contribution is -2.43. The summed E-state index contributed by atoms with van der Waals surface area (Å²) in [4.78, 5) is 14.7.